The molecule has 0 aliphatic carbocycles. The Hall–Kier alpha value is 0.466. The number of hydrogen-bond acceptors (Lipinski definition) is 5. The number of pyridine rings is 1. The maximum atomic E-state index is 11.4. The molecule has 0 bridgehead atoms. The summed E-state index contributed by atoms with van der Waals surface area (Å²) in [7, 11) is 2.01. The number of halogens is 1. The van der Waals surface area contributed by atoms with Gasteiger partial charge in [-0.15, -0.1) is 0 Å². The average Bonchev–Trinajstić information content (AvgIpc) is 2.34. The number of carbonyl (C=O) groups is 1. The molecule has 7 heteroatoms. The molecular weight excluding hydrogens is 293 g/mol. The first-order chi connectivity index (χ1) is 8.59. The summed E-state index contributed by atoms with van der Waals surface area (Å²) in [5, 5.41) is 11.7. The second-order valence-electron chi connectivity index (χ2n) is 4.43. The van der Waals surface area contributed by atoms with Gasteiger partial charge in [-0.25, -0.2) is 0 Å². The molecule has 2 heterocycles. The largest absolute Gasteiger partial charge is 1.00 e. The fraction of sp³-hybridized carbons (Fsp3) is 0.500. The molecule has 1 aromatic rings. The number of carboxylic acid groups (broad SMARTS) is 1. The van der Waals surface area contributed by atoms with Gasteiger partial charge in [0.2, 0.25) is 0 Å². The smallest absolute Gasteiger partial charge is 0.548 e. The van der Waals surface area contributed by atoms with Crippen molar-refractivity contribution in [3.05, 3.63) is 29.0 Å². The van der Waals surface area contributed by atoms with E-state index < -0.39 is 12.0 Å². The summed E-state index contributed by atoms with van der Waals surface area (Å²) < 4.78 is 0. The van der Waals surface area contributed by atoms with Crippen molar-refractivity contribution in [3.8, 4) is 0 Å². The number of piperazine rings is 1. The molecule has 1 fully saturated rings. The summed E-state index contributed by atoms with van der Waals surface area (Å²) in [6.07, 6.45) is 1.55. The van der Waals surface area contributed by atoms with Gasteiger partial charge in [-0.2, -0.15) is 0 Å². The van der Waals surface area contributed by atoms with Crippen LogP contribution in [-0.4, -0.2) is 54.0 Å². The third-order valence-corrected chi connectivity index (χ3v) is 3.49. The minimum Gasteiger partial charge on any atom is -0.548 e. The number of nitrogens with zero attached hydrogens (tertiary/aromatic N) is 3. The van der Waals surface area contributed by atoms with Crippen molar-refractivity contribution in [3.63, 3.8) is 0 Å². The molecule has 1 unspecified atom stereocenters. The number of likely N-dealkylation sites (N-methyl/N-ethyl adjacent to an activating group) is 1. The topological polar surface area (TPSA) is 59.5 Å². The molecule has 1 aromatic heterocycles. The SMILES string of the molecule is CN1CCN(C(C(=O)[O-])c2ncccc2Cl)CC1.[K+]. The molecule has 0 amide bonds. The normalized spacial score (nSPS) is 18.6. The Morgan fingerprint density at radius 2 is 2.05 bits per heavy atom. The van der Waals surface area contributed by atoms with Crippen molar-refractivity contribution in [2.75, 3.05) is 33.2 Å². The first kappa shape index (κ1) is 17.5. The van der Waals surface area contributed by atoms with Gasteiger partial charge in [-0.3, -0.25) is 9.88 Å². The average molecular weight is 308 g/mol. The van der Waals surface area contributed by atoms with Crippen molar-refractivity contribution in [1.82, 2.24) is 14.8 Å². The monoisotopic (exact) mass is 307 g/mol. The fourth-order valence-corrected chi connectivity index (χ4v) is 2.34. The van der Waals surface area contributed by atoms with E-state index in [1.54, 1.807) is 18.3 Å². The Balaban J connectivity index is 0.00000180. The van der Waals surface area contributed by atoms with Gasteiger partial charge in [0.1, 0.15) is 0 Å². The molecule has 2 rings (SSSR count). The van der Waals surface area contributed by atoms with Crippen LogP contribution in [0.15, 0.2) is 18.3 Å². The standard InChI is InChI=1S/C12H16ClN3O2.K/c1-15-5-7-16(8-6-15)11(12(17)18)10-9(13)3-2-4-14-10;/h2-4,11H,5-8H2,1H3,(H,17,18);/q;+1/p-1. The molecule has 0 N–H and O–H groups in total. The van der Waals surface area contributed by atoms with Crippen molar-refractivity contribution in [1.29, 1.82) is 0 Å². The van der Waals surface area contributed by atoms with E-state index in [9.17, 15) is 9.90 Å². The zero-order valence-electron chi connectivity index (χ0n) is 11.2. The third kappa shape index (κ3) is 4.47. The molecular formula is C12H15ClKN3O2. The molecule has 5 nitrogen and oxygen atoms in total. The van der Waals surface area contributed by atoms with Crippen molar-refractivity contribution in [2.24, 2.45) is 0 Å². The van der Waals surface area contributed by atoms with E-state index in [-0.39, 0.29) is 51.4 Å². The minimum atomic E-state index is -1.15. The second kappa shape index (κ2) is 8.04. The zero-order valence-corrected chi connectivity index (χ0v) is 15.1. The summed E-state index contributed by atoms with van der Waals surface area (Å²) >= 11 is 6.02. The molecule has 1 saturated heterocycles. The Morgan fingerprint density at radius 1 is 1.42 bits per heavy atom. The predicted molar refractivity (Wildman–Crippen MR) is 66.1 cm³/mol. The fourth-order valence-electron chi connectivity index (χ4n) is 2.11. The summed E-state index contributed by atoms with van der Waals surface area (Å²) in [5.41, 5.74) is 0.365. The Bertz CT molecular complexity index is 439. The maximum Gasteiger partial charge on any atom is 1.00 e. The molecule has 1 aliphatic rings. The van der Waals surface area contributed by atoms with Crippen LogP contribution in [0.2, 0.25) is 5.02 Å². The molecule has 0 radical (unpaired) electrons. The summed E-state index contributed by atoms with van der Waals surface area (Å²) in [5.74, 6) is -1.15. The number of carbonyl (C=O) groups excluding carboxylic acids is 1. The van der Waals surface area contributed by atoms with E-state index in [0.29, 0.717) is 23.8 Å². The molecule has 98 valence electrons. The number of aromatic nitrogens is 1. The van der Waals surface area contributed by atoms with Gasteiger partial charge >= 0.3 is 51.4 Å². The Morgan fingerprint density at radius 3 is 2.58 bits per heavy atom. The third-order valence-electron chi connectivity index (χ3n) is 3.17. The maximum absolute atomic E-state index is 11.4. The van der Waals surface area contributed by atoms with Crippen LogP contribution in [0.3, 0.4) is 0 Å². The van der Waals surface area contributed by atoms with Crippen LogP contribution in [0, 0.1) is 0 Å². The van der Waals surface area contributed by atoms with Gasteiger partial charge in [-0.05, 0) is 19.2 Å². The summed E-state index contributed by atoms with van der Waals surface area (Å²) in [6, 6.07) is 2.46. The summed E-state index contributed by atoms with van der Waals surface area (Å²) in [4.78, 5) is 19.5. The van der Waals surface area contributed by atoms with E-state index in [0.717, 1.165) is 13.1 Å². The van der Waals surface area contributed by atoms with Crippen molar-refractivity contribution >= 4 is 17.6 Å². The molecule has 0 saturated carbocycles. The predicted octanol–water partition coefficient (Wildman–Crippen LogP) is -3.22. The van der Waals surface area contributed by atoms with Crippen molar-refractivity contribution < 1.29 is 61.3 Å². The molecule has 1 atom stereocenters. The van der Waals surface area contributed by atoms with E-state index in [1.807, 2.05) is 11.9 Å². The van der Waals surface area contributed by atoms with Crippen LogP contribution in [0.1, 0.15) is 11.7 Å². The van der Waals surface area contributed by atoms with E-state index in [1.165, 1.54) is 0 Å². The van der Waals surface area contributed by atoms with Gasteiger partial charge < -0.3 is 14.8 Å². The molecule has 0 spiro atoms. The first-order valence-electron chi connectivity index (χ1n) is 5.83. The number of carboxylic acids is 1. The Kier molecular flexibility index (Phi) is 7.42. The molecule has 19 heavy (non-hydrogen) atoms. The first-order valence-corrected chi connectivity index (χ1v) is 6.21. The van der Waals surface area contributed by atoms with Gasteiger partial charge in [0.25, 0.3) is 0 Å². The van der Waals surface area contributed by atoms with E-state index in [4.69, 9.17) is 11.6 Å². The zero-order chi connectivity index (χ0) is 13.1. The molecule has 0 aromatic carbocycles. The Labute approximate surface area is 160 Å². The number of aliphatic carboxylic acids is 1. The van der Waals surface area contributed by atoms with Gasteiger partial charge in [-0.1, -0.05) is 11.6 Å². The number of hydrogen-bond donors (Lipinski definition) is 0. The van der Waals surface area contributed by atoms with E-state index in [2.05, 4.69) is 9.88 Å². The van der Waals surface area contributed by atoms with Gasteiger partial charge in [0.15, 0.2) is 0 Å². The van der Waals surface area contributed by atoms with Crippen molar-refractivity contribution in [2.45, 2.75) is 6.04 Å². The minimum absolute atomic E-state index is 0. The van der Waals surface area contributed by atoms with Crippen LogP contribution in [0.4, 0.5) is 0 Å². The van der Waals surface area contributed by atoms with Gasteiger partial charge in [0, 0.05) is 32.4 Å². The second-order valence-corrected chi connectivity index (χ2v) is 4.84. The van der Waals surface area contributed by atoms with E-state index >= 15 is 0 Å². The van der Waals surface area contributed by atoms with Gasteiger partial charge in [0.05, 0.1) is 22.7 Å². The number of rotatable bonds is 3. The summed E-state index contributed by atoms with van der Waals surface area (Å²) in [6.45, 7) is 2.99. The van der Waals surface area contributed by atoms with Crippen LogP contribution < -0.4 is 56.5 Å². The van der Waals surface area contributed by atoms with Crippen LogP contribution >= 0.6 is 11.6 Å². The van der Waals surface area contributed by atoms with Crippen LogP contribution in [-0.2, 0) is 4.79 Å². The van der Waals surface area contributed by atoms with Crippen LogP contribution in [0.25, 0.3) is 0 Å². The van der Waals surface area contributed by atoms with Crippen LogP contribution in [0.5, 0.6) is 0 Å². The quantitative estimate of drug-likeness (QED) is 0.550. The molecule has 1 aliphatic heterocycles.